The number of fused-ring (bicyclic) bond motifs is 1. The van der Waals surface area contributed by atoms with Crippen LogP contribution in [-0.2, 0) is 0 Å². The summed E-state index contributed by atoms with van der Waals surface area (Å²) < 4.78 is 8.06. The minimum Gasteiger partial charge on any atom is -0.494 e. The van der Waals surface area contributed by atoms with Crippen LogP contribution in [0.3, 0.4) is 0 Å². The van der Waals surface area contributed by atoms with Gasteiger partial charge in [0.25, 0.3) is 0 Å². The second-order valence-corrected chi connectivity index (χ2v) is 6.39. The third-order valence-electron chi connectivity index (χ3n) is 4.97. The van der Waals surface area contributed by atoms with Gasteiger partial charge in [0, 0.05) is 27.8 Å². The first-order valence-electron chi connectivity index (χ1n) is 8.43. The molecule has 126 valence electrons. The number of aromatic nitrogens is 3. The van der Waals surface area contributed by atoms with Crippen LogP contribution in [0.5, 0.6) is 5.75 Å². The molecule has 1 aromatic carbocycles. The molecule has 0 aliphatic rings. The Kier molecular flexibility index (Phi) is 4.08. The monoisotopic (exact) mass is 323 g/mol. The molecule has 0 fully saturated rings. The predicted octanol–water partition coefficient (Wildman–Crippen LogP) is 4.67. The van der Waals surface area contributed by atoms with Gasteiger partial charge in [-0.15, -0.1) is 0 Å². The zero-order valence-electron chi connectivity index (χ0n) is 15.6. The summed E-state index contributed by atoms with van der Waals surface area (Å²) in [5, 5.41) is 11.0. The molecular weight excluding hydrogens is 298 g/mol. The lowest BCUT2D eigenvalue weighted by molar-refractivity contribution is 0.337. The van der Waals surface area contributed by atoms with E-state index in [2.05, 4.69) is 54.6 Å². The standard InChI is InChI=1S/C20H25N3O/c1-8-24-18-10-9-17(11(2)12(18)3)23-15(6)19-13(4)21-22-14(5)20(19)16(23)7/h9-10H,8H2,1-7H3. The number of hydrogen-bond acceptors (Lipinski definition) is 3. The van der Waals surface area contributed by atoms with Crippen LogP contribution in [0.2, 0.25) is 0 Å². The summed E-state index contributed by atoms with van der Waals surface area (Å²) in [6.07, 6.45) is 0. The molecule has 3 rings (SSSR count). The fraction of sp³-hybridized carbons (Fsp3) is 0.400. The van der Waals surface area contributed by atoms with Crippen LogP contribution < -0.4 is 4.74 Å². The van der Waals surface area contributed by atoms with E-state index in [1.807, 2.05) is 20.8 Å². The molecule has 0 spiro atoms. The number of nitrogens with zero attached hydrogens (tertiary/aromatic N) is 3. The zero-order valence-corrected chi connectivity index (χ0v) is 15.6. The SMILES string of the molecule is CCOc1ccc(-n2c(C)c3c(C)nnc(C)c3c2C)c(C)c1C. The molecule has 4 heteroatoms. The fourth-order valence-corrected chi connectivity index (χ4v) is 3.67. The number of ether oxygens (including phenoxy) is 1. The molecule has 4 nitrogen and oxygen atoms in total. The summed E-state index contributed by atoms with van der Waals surface area (Å²) in [6, 6.07) is 4.22. The van der Waals surface area contributed by atoms with Crippen molar-refractivity contribution < 1.29 is 4.74 Å². The van der Waals surface area contributed by atoms with Gasteiger partial charge in [0.1, 0.15) is 5.75 Å². The third kappa shape index (κ3) is 2.29. The van der Waals surface area contributed by atoms with E-state index in [0.717, 1.165) is 17.1 Å². The maximum absolute atomic E-state index is 5.74. The average molecular weight is 323 g/mol. The molecule has 0 saturated heterocycles. The van der Waals surface area contributed by atoms with Gasteiger partial charge in [-0.1, -0.05) is 0 Å². The van der Waals surface area contributed by atoms with E-state index >= 15 is 0 Å². The van der Waals surface area contributed by atoms with Crippen molar-refractivity contribution in [2.24, 2.45) is 0 Å². The Bertz CT molecular complexity index is 893. The fourth-order valence-electron chi connectivity index (χ4n) is 3.67. The van der Waals surface area contributed by atoms with Gasteiger partial charge in [0.15, 0.2) is 0 Å². The van der Waals surface area contributed by atoms with Crippen molar-refractivity contribution in [1.82, 2.24) is 14.8 Å². The largest absolute Gasteiger partial charge is 0.494 e. The van der Waals surface area contributed by atoms with E-state index in [0.29, 0.717) is 6.61 Å². The highest BCUT2D eigenvalue weighted by Gasteiger charge is 2.19. The lowest BCUT2D eigenvalue weighted by Gasteiger charge is -2.17. The highest BCUT2D eigenvalue weighted by Crippen LogP contribution is 2.34. The molecule has 0 aliphatic carbocycles. The molecule has 2 aromatic heterocycles. The molecule has 0 bridgehead atoms. The van der Waals surface area contributed by atoms with Crippen LogP contribution in [0.1, 0.15) is 40.8 Å². The van der Waals surface area contributed by atoms with Crippen LogP contribution >= 0.6 is 0 Å². The Balaban J connectivity index is 2.34. The van der Waals surface area contributed by atoms with Crippen molar-refractivity contribution in [2.75, 3.05) is 6.61 Å². The van der Waals surface area contributed by atoms with Crippen LogP contribution in [-0.4, -0.2) is 21.4 Å². The number of rotatable bonds is 3. The van der Waals surface area contributed by atoms with Gasteiger partial charge in [-0.2, -0.15) is 10.2 Å². The van der Waals surface area contributed by atoms with E-state index in [-0.39, 0.29) is 0 Å². The van der Waals surface area contributed by atoms with Gasteiger partial charge in [-0.3, -0.25) is 0 Å². The first-order chi connectivity index (χ1) is 11.4. The van der Waals surface area contributed by atoms with Gasteiger partial charge >= 0.3 is 0 Å². The Morgan fingerprint density at radius 3 is 1.88 bits per heavy atom. The minimum absolute atomic E-state index is 0.681. The highest BCUT2D eigenvalue weighted by molar-refractivity contribution is 5.92. The molecule has 24 heavy (non-hydrogen) atoms. The van der Waals surface area contributed by atoms with Crippen molar-refractivity contribution in [3.63, 3.8) is 0 Å². The van der Waals surface area contributed by atoms with Gasteiger partial charge in [0.2, 0.25) is 0 Å². The highest BCUT2D eigenvalue weighted by atomic mass is 16.5. The normalized spacial score (nSPS) is 11.3. The second kappa shape index (κ2) is 5.93. The van der Waals surface area contributed by atoms with E-state index in [1.54, 1.807) is 0 Å². The first-order valence-corrected chi connectivity index (χ1v) is 8.43. The molecule has 0 amide bonds. The quantitative estimate of drug-likeness (QED) is 0.703. The molecule has 0 radical (unpaired) electrons. The molecule has 0 unspecified atom stereocenters. The smallest absolute Gasteiger partial charge is 0.122 e. The topological polar surface area (TPSA) is 39.9 Å². The van der Waals surface area contributed by atoms with Crippen LogP contribution in [0.25, 0.3) is 16.5 Å². The lowest BCUT2D eigenvalue weighted by atomic mass is 10.1. The molecule has 0 saturated carbocycles. The van der Waals surface area contributed by atoms with Crippen molar-refractivity contribution in [2.45, 2.75) is 48.5 Å². The summed E-state index contributed by atoms with van der Waals surface area (Å²) in [5.74, 6) is 0.960. The molecule has 0 aliphatic heterocycles. The van der Waals surface area contributed by atoms with E-state index in [1.165, 1.54) is 39.0 Å². The minimum atomic E-state index is 0.681. The van der Waals surface area contributed by atoms with Crippen LogP contribution in [0, 0.1) is 41.5 Å². The van der Waals surface area contributed by atoms with Gasteiger partial charge in [0.05, 0.1) is 18.0 Å². The van der Waals surface area contributed by atoms with Crippen molar-refractivity contribution in [3.8, 4) is 11.4 Å². The van der Waals surface area contributed by atoms with E-state index in [9.17, 15) is 0 Å². The Morgan fingerprint density at radius 1 is 0.833 bits per heavy atom. The molecular formula is C20H25N3O. The van der Waals surface area contributed by atoms with E-state index in [4.69, 9.17) is 4.74 Å². The Labute approximate surface area is 143 Å². The summed E-state index contributed by atoms with van der Waals surface area (Å²) in [5.41, 5.74) is 8.01. The number of aryl methyl sites for hydroxylation is 4. The molecule has 3 aromatic rings. The van der Waals surface area contributed by atoms with Gasteiger partial charge in [-0.05, 0) is 71.7 Å². The van der Waals surface area contributed by atoms with E-state index < -0.39 is 0 Å². The zero-order chi connectivity index (χ0) is 17.6. The first kappa shape index (κ1) is 16.5. The second-order valence-electron chi connectivity index (χ2n) is 6.39. The average Bonchev–Trinajstić information content (AvgIpc) is 2.81. The summed E-state index contributed by atoms with van der Waals surface area (Å²) in [6.45, 7) is 15.4. The summed E-state index contributed by atoms with van der Waals surface area (Å²) >= 11 is 0. The number of hydrogen-bond donors (Lipinski definition) is 0. The van der Waals surface area contributed by atoms with Crippen LogP contribution in [0.15, 0.2) is 12.1 Å². The third-order valence-corrected chi connectivity index (χ3v) is 4.97. The summed E-state index contributed by atoms with van der Waals surface area (Å²) in [7, 11) is 0. The molecule has 0 N–H and O–H groups in total. The number of benzene rings is 1. The van der Waals surface area contributed by atoms with Crippen molar-refractivity contribution in [3.05, 3.63) is 46.0 Å². The lowest BCUT2D eigenvalue weighted by Crippen LogP contribution is -2.04. The molecule has 2 heterocycles. The van der Waals surface area contributed by atoms with Gasteiger partial charge < -0.3 is 9.30 Å². The Hall–Kier alpha value is -2.36. The van der Waals surface area contributed by atoms with Crippen molar-refractivity contribution >= 4 is 10.8 Å². The maximum atomic E-state index is 5.74. The molecule has 0 atom stereocenters. The van der Waals surface area contributed by atoms with Crippen molar-refractivity contribution in [1.29, 1.82) is 0 Å². The summed E-state index contributed by atoms with van der Waals surface area (Å²) in [4.78, 5) is 0. The predicted molar refractivity (Wildman–Crippen MR) is 98.5 cm³/mol. The van der Waals surface area contributed by atoms with Gasteiger partial charge in [-0.25, -0.2) is 0 Å². The maximum Gasteiger partial charge on any atom is 0.122 e. The Morgan fingerprint density at radius 2 is 1.38 bits per heavy atom. The van der Waals surface area contributed by atoms with Crippen LogP contribution in [0.4, 0.5) is 0 Å².